The molecule has 2 saturated heterocycles. The molecule has 0 radical (unpaired) electrons. The molecule has 0 aromatic heterocycles. The Bertz CT molecular complexity index is 222. The van der Waals surface area contributed by atoms with Crippen molar-refractivity contribution in [2.24, 2.45) is 4.99 Å². The normalized spacial score (nSPS) is 24.9. The Labute approximate surface area is 106 Å². The van der Waals surface area contributed by atoms with Gasteiger partial charge in [0.2, 0.25) is 0 Å². The molecule has 0 amide bonds. The van der Waals surface area contributed by atoms with Crippen molar-refractivity contribution in [3.8, 4) is 0 Å². The summed E-state index contributed by atoms with van der Waals surface area (Å²) < 4.78 is 0. The first-order valence-electron chi connectivity index (χ1n) is 7.46. The summed E-state index contributed by atoms with van der Waals surface area (Å²) in [6.07, 6.45) is 10.8. The van der Waals surface area contributed by atoms with E-state index in [1.807, 2.05) is 0 Å². The number of hydrogen-bond donors (Lipinski definition) is 1. The minimum absolute atomic E-state index is 1.08. The van der Waals surface area contributed by atoms with Crippen LogP contribution in [0.2, 0.25) is 0 Å². The maximum atomic E-state index is 4.55. The zero-order valence-corrected chi connectivity index (χ0v) is 11.1. The standard InChI is InChI=1S/C9H16N2.C5H11N/c1-2-5-9-10-6-4-8-11(9)7-3-1;1-2-4-6-5-3-1/h1-8H2;6H,1-5H2. The number of nitrogens with one attached hydrogen (secondary N) is 1. The first-order chi connectivity index (χ1) is 8.47. The molecule has 3 rings (SSSR count). The Kier molecular flexibility index (Phi) is 5.83. The van der Waals surface area contributed by atoms with Gasteiger partial charge in [-0.2, -0.15) is 0 Å². The van der Waals surface area contributed by atoms with Gasteiger partial charge < -0.3 is 10.2 Å². The lowest BCUT2D eigenvalue weighted by atomic mass is 10.2. The summed E-state index contributed by atoms with van der Waals surface area (Å²) in [4.78, 5) is 7.04. The van der Waals surface area contributed by atoms with E-state index in [9.17, 15) is 0 Å². The van der Waals surface area contributed by atoms with Crippen LogP contribution in [0.15, 0.2) is 4.99 Å². The molecule has 0 unspecified atom stereocenters. The molecule has 0 atom stereocenters. The van der Waals surface area contributed by atoms with E-state index in [-0.39, 0.29) is 0 Å². The molecule has 3 heterocycles. The third kappa shape index (κ3) is 4.66. The highest BCUT2D eigenvalue weighted by Gasteiger charge is 2.16. The molecule has 0 spiro atoms. The van der Waals surface area contributed by atoms with Crippen LogP contribution in [0, 0.1) is 0 Å². The molecule has 3 aliphatic heterocycles. The van der Waals surface area contributed by atoms with E-state index in [0.29, 0.717) is 0 Å². The van der Waals surface area contributed by atoms with Crippen molar-refractivity contribution in [3.63, 3.8) is 0 Å². The topological polar surface area (TPSA) is 27.6 Å². The second-order valence-electron chi connectivity index (χ2n) is 5.26. The molecule has 0 aromatic rings. The van der Waals surface area contributed by atoms with Crippen LogP contribution in [0.5, 0.6) is 0 Å². The van der Waals surface area contributed by atoms with E-state index in [0.717, 1.165) is 6.54 Å². The fourth-order valence-corrected chi connectivity index (χ4v) is 2.74. The quantitative estimate of drug-likeness (QED) is 0.700. The smallest absolute Gasteiger partial charge is 0.0988 e. The van der Waals surface area contributed by atoms with Crippen LogP contribution in [0.3, 0.4) is 0 Å². The number of amidine groups is 1. The maximum absolute atomic E-state index is 4.55. The first-order valence-corrected chi connectivity index (χ1v) is 7.46. The van der Waals surface area contributed by atoms with Gasteiger partial charge in [0.05, 0.1) is 5.84 Å². The summed E-state index contributed by atoms with van der Waals surface area (Å²) in [5.41, 5.74) is 0. The molecule has 0 bridgehead atoms. The molecule has 3 nitrogen and oxygen atoms in total. The molecule has 17 heavy (non-hydrogen) atoms. The lowest BCUT2D eigenvalue weighted by Crippen LogP contribution is -2.34. The van der Waals surface area contributed by atoms with Crippen molar-refractivity contribution < 1.29 is 0 Å². The fraction of sp³-hybridized carbons (Fsp3) is 0.929. The predicted octanol–water partition coefficient (Wildman–Crippen LogP) is 2.42. The Balaban J connectivity index is 0.000000153. The SMILES string of the molecule is C1CCC2=NCCCN2CC1.C1CCNCC1. The van der Waals surface area contributed by atoms with Crippen molar-refractivity contribution in [2.75, 3.05) is 32.7 Å². The molecule has 0 aliphatic carbocycles. The molecule has 0 aromatic carbocycles. The van der Waals surface area contributed by atoms with E-state index in [1.54, 1.807) is 0 Å². The highest BCUT2D eigenvalue weighted by Crippen LogP contribution is 2.15. The average molecular weight is 237 g/mol. The number of aliphatic imine (C=N–C) groups is 1. The number of fused-ring (bicyclic) bond motifs is 1. The van der Waals surface area contributed by atoms with Crippen molar-refractivity contribution in [1.29, 1.82) is 0 Å². The van der Waals surface area contributed by atoms with Gasteiger partial charge in [-0.05, 0) is 45.2 Å². The van der Waals surface area contributed by atoms with Crippen LogP contribution in [-0.4, -0.2) is 43.5 Å². The molecule has 2 fully saturated rings. The predicted molar refractivity (Wildman–Crippen MR) is 73.7 cm³/mol. The van der Waals surface area contributed by atoms with Gasteiger partial charge in [-0.25, -0.2) is 0 Å². The van der Waals surface area contributed by atoms with Crippen molar-refractivity contribution in [1.82, 2.24) is 10.2 Å². The van der Waals surface area contributed by atoms with Crippen LogP contribution in [0.1, 0.15) is 51.4 Å². The molecule has 0 saturated carbocycles. The zero-order chi connectivity index (χ0) is 11.8. The van der Waals surface area contributed by atoms with Crippen LogP contribution < -0.4 is 5.32 Å². The average Bonchev–Trinajstić information content (AvgIpc) is 2.66. The summed E-state index contributed by atoms with van der Waals surface area (Å²) in [5, 5.41) is 3.28. The monoisotopic (exact) mass is 237 g/mol. The van der Waals surface area contributed by atoms with Gasteiger partial charge in [0, 0.05) is 26.1 Å². The minimum atomic E-state index is 1.08. The summed E-state index contributed by atoms with van der Waals surface area (Å²) in [5.74, 6) is 1.40. The highest BCUT2D eigenvalue weighted by molar-refractivity contribution is 5.83. The fourth-order valence-electron chi connectivity index (χ4n) is 2.74. The van der Waals surface area contributed by atoms with E-state index in [1.165, 1.54) is 83.4 Å². The summed E-state index contributed by atoms with van der Waals surface area (Å²) >= 11 is 0. The van der Waals surface area contributed by atoms with Crippen LogP contribution in [0.25, 0.3) is 0 Å². The van der Waals surface area contributed by atoms with E-state index >= 15 is 0 Å². The second-order valence-corrected chi connectivity index (χ2v) is 5.26. The van der Waals surface area contributed by atoms with Gasteiger partial charge in [-0.1, -0.05) is 12.8 Å². The van der Waals surface area contributed by atoms with Crippen LogP contribution in [-0.2, 0) is 0 Å². The van der Waals surface area contributed by atoms with E-state index in [4.69, 9.17) is 0 Å². The lowest BCUT2D eigenvalue weighted by Gasteiger charge is -2.27. The molecule has 3 heteroatoms. The molecule has 3 aliphatic rings. The maximum Gasteiger partial charge on any atom is 0.0988 e. The molecule has 98 valence electrons. The van der Waals surface area contributed by atoms with Crippen molar-refractivity contribution >= 4 is 5.84 Å². The third-order valence-electron chi connectivity index (χ3n) is 3.78. The third-order valence-corrected chi connectivity index (χ3v) is 3.78. The van der Waals surface area contributed by atoms with Crippen LogP contribution in [0.4, 0.5) is 0 Å². The number of nitrogens with zero attached hydrogens (tertiary/aromatic N) is 2. The Morgan fingerprint density at radius 2 is 1.59 bits per heavy atom. The van der Waals surface area contributed by atoms with Gasteiger partial charge in [0.1, 0.15) is 0 Å². The molecular weight excluding hydrogens is 210 g/mol. The van der Waals surface area contributed by atoms with E-state index in [2.05, 4.69) is 15.2 Å². The largest absolute Gasteiger partial charge is 0.360 e. The Hall–Kier alpha value is -0.570. The second kappa shape index (κ2) is 7.70. The summed E-state index contributed by atoms with van der Waals surface area (Å²) in [6.45, 7) is 6.10. The van der Waals surface area contributed by atoms with Gasteiger partial charge in [0.15, 0.2) is 0 Å². The molecular formula is C14H27N3. The number of piperidine rings is 1. The number of hydrogen-bond acceptors (Lipinski definition) is 3. The van der Waals surface area contributed by atoms with Crippen LogP contribution >= 0.6 is 0 Å². The Morgan fingerprint density at radius 1 is 0.824 bits per heavy atom. The highest BCUT2D eigenvalue weighted by atomic mass is 15.2. The lowest BCUT2D eigenvalue weighted by molar-refractivity contribution is 0.391. The summed E-state index contributed by atoms with van der Waals surface area (Å²) in [7, 11) is 0. The summed E-state index contributed by atoms with van der Waals surface area (Å²) in [6, 6.07) is 0. The Morgan fingerprint density at radius 3 is 2.29 bits per heavy atom. The van der Waals surface area contributed by atoms with Gasteiger partial charge in [-0.3, -0.25) is 4.99 Å². The zero-order valence-electron chi connectivity index (χ0n) is 11.1. The number of rotatable bonds is 0. The van der Waals surface area contributed by atoms with E-state index < -0.39 is 0 Å². The van der Waals surface area contributed by atoms with Gasteiger partial charge in [-0.15, -0.1) is 0 Å². The van der Waals surface area contributed by atoms with Crippen molar-refractivity contribution in [2.45, 2.75) is 51.4 Å². The first kappa shape index (κ1) is 12.9. The van der Waals surface area contributed by atoms with Crippen molar-refractivity contribution in [3.05, 3.63) is 0 Å². The molecule has 1 N–H and O–H groups in total. The van der Waals surface area contributed by atoms with Gasteiger partial charge >= 0.3 is 0 Å². The van der Waals surface area contributed by atoms with Gasteiger partial charge in [0.25, 0.3) is 0 Å². The minimum Gasteiger partial charge on any atom is -0.360 e.